The van der Waals surface area contributed by atoms with E-state index in [2.05, 4.69) is 98.7 Å². The average Bonchev–Trinajstić information content (AvgIpc) is 3.48. The van der Waals surface area contributed by atoms with Gasteiger partial charge in [0.25, 0.3) is 0 Å². The fourth-order valence-electron chi connectivity index (χ4n) is 7.31. The number of benzene rings is 2. The van der Waals surface area contributed by atoms with Crippen LogP contribution in [-0.4, -0.2) is 30.2 Å². The Bertz CT molecular complexity index is 1420. The van der Waals surface area contributed by atoms with Crippen molar-refractivity contribution in [3.05, 3.63) is 88.7 Å². The van der Waals surface area contributed by atoms with Crippen molar-refractivity contribution < 1.29 is 9.53 Å². The van der Waals surface area contributed by atoms with Crippen LogP contribution in [0.15, 0.2) is 66.3 Å². The summed E-state index contributed by atoms with van der Waals surface area (Å²) >= 11 is 0. The lowest BCUT2D eigenvalue weighted by Gasteiger charge is -2.40. The molecule has 4 heteroatoms. The van der Waals surface area contributed by atoms with E-state index in [0.717, 1.165) is 25.2 Å². The van der Waals surface area contributed by atoms with Gasteiger partial charge in [0.15, 0.2) is 0 Å². The number of hydrogen-bond acceptors (Lipinski definition) is 3. The van der Waals surface area contributed by atoms with Crippen molar-refractivity contribution in [3.63, 3.8) is 0 Å². The van der Waals surface area contributed by atoms with Gasteiger partial charge in [-0.15, -0.1) is 0 Å². The number of anilines is 1. The fraction of sp³-hybridized carbons (Fsp3) is 0.472. The summed E-state index contributed by atoms with van der Waals surface area (Å²) in [6, 6.07) is 15.8. The highest BCUT2D eigenvalue weighted by Crippen LogP contribution is 2.53. The number of carbonyl (C=O) groups is 1. The van der Waals surface area contributed by atoms with Crippen molar-refractivity contribution in [1.29, 1.82) is 0 Å². The number of aryl methyl sites for hydroxylation is 2. The van der Waals surface area contributed by atoms with Crippen LogP contribution in [0.4, 0.5) is 5.69 Å². The average molecular weight is 539 g/mol. The molecule has 0 radical (unpaired) electrons. The van der Waals surface area contributed by atoms with E-state index in [1.807, 2.05) is 6.08 Å². The molecule has 0 N–H and O–H groups in total. The van der Waals surface area contributed by atoms with Gasteiger partial charge in [0, 0.05) is 53.4 Å². The van der Waals surface area contributed by atoms with E-state index in [9.17, 15) is 4.79 Å². The third kappa shape index (κ3) is 4.80. The summed E-state index contributed by atoms with van der Waals surface area (Å²) in [5, 5.41) is 1.28. The third-order valence-corrected chi connectivity index (χ3v) is 9.34. The van der Waals surface area contributed by atoms with Gasteiger partial charge in [-0.2, -0.15) is 0 Å². The predicted molar refractivity (Wildman–Crippen MR) is 167 cm³/mol. The lowest BCUT2D eigenvalue weighted by atomic mass is 9.60. The highest BCUT2D eigenvalue weighted by Gasteiger charge is 2.51. The number of para-hydroxylation sites is 1. The van der Waals surface area contributed by atoms with Crippen molar-refractivity contribution in [2.24, 2.45) is 5.92 Å². The summed E-state index contributed by atoms with van der Waals surface area (Å²) in [5.74, 6) is -0.236. The van der Waals surface area contributed by atoms with Crippen LogP contribution in [0.2, 0.25) is 0 Å². The second-order valence-electron chi connectivity index (χ2n) is 11.6. The SMILES string of the molecule is CCCCCCCCn1c(C)c(C2(c3ccc(N(CC)CC)cc3C)C=CC=C3C(=O)OCC32)c2ccccc21. The second-order valence-corrected chi connectivity index (χ2v) is 11.6. The standard InChI is InChI=1S/C36H46N2O2/c1-6-9-10-11-12-15-23-38-27(5)34(30-17-13-14-19-33(30)38)36(22-16-18-29-32(36)25-40-35(29)39)31-21-20-28(24-26(31)4)37(7-2)8-3/h13-14,16-22,24,32H,6-12,15,23,25H2,1-5H3. The second kappa shape index (κ2) is 12.1. The van der Waals surface area contributed by atoms with Gasteiger partial charge in [-0.25, -0.2) is 4.79 Å². The Kier molecular flexibility index (Phi) is 8.54. The van der Waals surface area contributed by atoms with Gasteiger partial charge in [0.1, 0.15) is 6.61 Å². The minimum absolute atomic E-state index is 0.0602. The summed E-state index contributed by atoms with van der Waals surface area (Å²) in [7, 11) is 0. The Morgan fingerprint density at radius 3 is 2.48 bits per heavy atom. The van der Waals surface area contributed by atoms with E-state index >= 15 is 0 Å². The number of aromatic nitrogens is 1. The Labute approximate surface area is 240 Å². The monoisotopic (exact) mass is 538 g/mol. The van der Waals surface area contributed by atoms with E-state index in [-0.39, 0.29) is 11.9 Å². The van der Waals surface area contributed by atoms with Crippen LogP contribution >= 0.6 is 0 Å². The Hall–Kier alpha value is -3.27. The first-order valence-electron chi connectivity index (χ1n) is 15.5. The molecule has 0 bridgehead atoms. The molecule has 2 aliphatic rings. The zero-order valence-electron chi connectivity index (χ0n) is 25.1. The molecule has 3 aromatic rings. The van der Waals surface area contributed by atoms with E-state index < -0.39 is 5.41 Å². The normalized spacial score (nSPS) is 20.1. The number of ether oxygens (including phenoxy) is 1. The quantitative estimate of drug-likeness (QED) is 0.171. The van der Waals surface area contributed by atoms with Gasteiger partial charge in [0.2, 0.25) is 0 Å². The van der Waals surface area contributed by atoms with Crippen LogP contribution in [0.5, 0.6) is 0 Å². The number of fused-ring (bicyclic) bond motifs is 2. The van der Waals surface area contributed by atoms with Crippen molar-refractivity contribution in [3.8, 4) is 0 Å². The number of allylic oxidation sites excluding steroid dienone is 3. The molecule has 2 atom stereocenters. The highest BCUT2D eigenvalue weighted by molar-refractivity contribution is 5.95. The Morgan fingerprint density at radius 1 is 0.975 bits per heavy atom. The molecule has 2 aromatic carbocycles. The lowest BCUT2D eigenvalue weighted by Crippen LogP contribution is -2.39. The van der Waals surface area contributed by atoms with Gasteiger partial charge in [-0.1, -0.05) is 81.5 Å². The number of unbranched alkanes of at least 4 members (excludes halogenated alkanes) is 5. The molecule has 0 saturated carbocycles. The molecule has 0 amide bonds. The van der Waals surface area contributed by atoms with Crippen LogP contribution in [-0.2, 0) is 21.5 Å². The highest BCUT2D eigenvalue weighted by atomic mass is 16.5. The minimum Gasteiger partial charge on any atom is -0.462 e. The van der Waals surface area contributed by atoms with Crippen molar-refractivity contribution in [1.82, 2.24) is 4.57 Å². The molecule has 40 heavy (non-hydrogen) atoms. The van der Waals surface area contributed by atoms with E-state index in [1.54, 1.807) is 0 Å². The predicted octanol–water partition coefficient (Wildman–Crippen LogP) is 8.42. The summed E-state index contributed by atoms with van der Waals surface area (Å²) in [4.78, 5) is 15.3. The van der Waals surface area contributed by atoms with Crippen molar-refractivity contribution >= 4 is 22.6 Å². The lowest BCUT2D eigenvalue weighted by molar-refractivity contribution is -0.135. The molecule has 1 aromatic heterocycles. The molecule has 2 heterocycles. The maximum atomic E-state index is 12.9. The summed E-state index contributed by atoms with van der Waals surface area (Å²) in [5.41, 5.74) is 7.97. The smallest absolute Gasteiger partial charge is 0.334 e. The van der Waals surface area contributed by atoms with Crippen molar-refractivity contribution in [2.45, 2.75) is 85.1 Å². The van der Waals surface area contributed by atoms with Gasteiger partial charge in [-0.3, -0.25) is 0 Å². The van der Waals surface area contributed by atoms with Gasteiger partial charge in [0.05, 0.1) is 5.41 Å². The molecule has 1 saturated heterocycles. The number of nitrogens with zero attached hydrogens (tertiary/aromatic N) is 2. The molecule has 0 spiro atoms. The van der Waals surface area contributed by atoms with Crippen LogP contribution in [0.1, 0.15) is 81.7 Å². The molecular formula is C36H46N2O2. The first-order valence-corrected chi connectivity index (χ1v) is 15.5. The molecule has 1 fully saturated rings. The summed E-state index contributed by atoms with van der Waals surface area (Å²) in [6.45, 7) is 14.6. The molecule has 212 valence electrons. The zero-order chi connectivity index (χ0) is 28.3. The van der Waals surface area contributed by atoms with Crippen LogP contribution in [0, 0.1) is 19.8 Å². The number of carbonyl (C=O) groups excluding carboxylic acids is 1. The Balaban J connectivity index is 1.67. The third-order valence-electron chi connectivity index (χ3n) is 9.34. The van der Waals surface area contributed by atoms with Crippen LogP contribution < -0.4 is 4.90 Å². The molecular weight excluding hydrogens is 492 g/mol. The molecule has 1 aliphatic heterocycles. The molecule has 5 rings (SSSR count). The maximum Gasteiger partial charge on any atom is 0.334 e. The van der Waals surface area contributed by atoms with Crippen molar-refractivity contribution in [2.75, 3.05) is 24.6 Å². The summed E-state index contributed by atoms with van der Waals surface area (Å²) in [6.07, 6.45) is 14.1. The minimum atomic E-state index is -0.488. The van der Waals surface area contributed by atoms with E-state index in [0.29, 0.717) is 6.61 Å². The number of esters is 1. The van der Waals surface area contributed by atoms with Crippen LogP contribution in [0.25, 0.3) is 10.9 Å². The number of cyclic esters (lactones) is 1. The maximum absolute atomic E-state index is 12.9. The Morgan fingerprint density at radius 2 is 1.73 bits per heavy atom. The topological polar surface area (TPSA) is 34.5 Å². The van der Waals surface area contributed by atoms with E-state index in [1.165, 1.54) is 77.5 Å². The molecule has 1 aliphatic carbocycles. The largest absolute Gasteiger partial charge is 0.462 e. The van der Waals surface area contributed by atoms with Gasteiger partial charge >= 0.3 is 5.97 Å². The zero-order valence-corrected chi connectivity index (χ0v) is 25.1. The molecule has 2 unspecified atom stereocenters. The van der Waals surface area contributed by atoms with Gasteiger partial charge < -0.3 is 14.2 Å². The first kappa shape index (κ1) is 28.3. The summed E-state index contributed by atoms with van der Waals surface area (Å²) < 4.78 is 8.28. The van der Waals surface area contributed by atoms with Crippen LogP contribution in [0.3, 0.4) is 0 Å². The number of rotatable bonds is 12. The van der Waals surface area contributed by atoms with Gasteiger partial charge in [-0.05, 0) is 69.0 Å². The first-order chi connectivity index (χ1) is 19.5. The molecule has 4 nitrogen and oxygen atoms in total. The fourth-order valence-corrected chi connectivity index (χ4v) is 7.31. The van der Waals surface area contributed by atoms with E-state index in [4.69, 9.17) is 4.74 Å². The number of hydrogen-bond donors (Lipinski definition) is 0.